The van der Waals surface area contributed by atoms with Crippen LogP contribution in [0.3, 0.4) is 0 Å². The third-order valence-corrected chi connectivity index (χ3v) is 1.97. The largest absolute Gasteiger partial charge is 0.480 e. The molecular weight excluding hydrogens is 184 g/mol. The van der Waals surface area contributed by atoms with E-state index < -0.39 is 5.97 Å². The van der Waals surface area contributed by atoms with E-state index in [9.17, 15) is 9.59 Å². The Morgan fingerprint density at radius 3 is 2.36 bits per heavy atom. The minimum absolute atomic E-state index is 0.0192. The Morgan fingerprint density at radius 2 is 2.00 bits per heavy atom. The second-order valence-electron chi connectivity index (χ2n) is 3.38. The summed E-state index contributed by atoms with van der Waals surface area (Å²) in [7, 11) is 1.57. The van der Waals surface area contributed by atoms with Gasteiger partial charge >= 0.3 is 5.97 Å². The number of hydrogen-bond acceptors (Lipinski definition) is 3. The van der Waals surface area contributed by atoms with Crippen molar-refractivity contribution in [3.05, 3.63) is 0 Å². The van der Waals surface area contributed by atoms with Crippen LogP contribution in [0.25, 0.3) is 0 Å². The molecule has 14 heavy (non-hydrogen) atoms. The van der Waals surface area contributed by atoms with Crippen LogP contribution in [0.1, 0.15) is 20.3 Å². The first-order chi connectivity index (χ1) is 6.47. The number of carbonyl (C=O) groups is 2. The van der Waals surface area contributed by atoms with Crippen molar-refractivity contribution in [2.24, 2.45) is 0 Å². The molecule has 0 saturated carbocycles. The first kappa shape index (κ1) is 12.9. The number of nitrogens with zero attached hydrogens (tertiary/aromatic N) is 1. The van der Waals surface area contributed by atoms with Crippen LogP contribution in [0.5, 0.6) is 0 Å². The van der Waals surface area contributed by atoms with E-state index in [-0.39, 0.29) is 18.5 Å². The molecule has 2 N–H and O–H groups in total. The molecule has 0 rings (SSSR count). The fraction of sp³-hybridized carbons (Fsp3) is 0.778. The summed E-state index contributed by atoms with van der Waals surface area (Å²) in [5.41, 5.74) is 0. The fourth-order valence-corrected chi connectivity index (χ4v) is 1.06. The second kappa shape index (κ2) is 6.37. The van der Waals surface area contributed by atoms with Crippen LogP contribution in [0, 0.1) is 0 Å². The quantitative estimate of drug-likeness (QED) is 0.632. The number of hydrogen-bond donors (Lipinski definition) is 2. The molecule has 0 saturated heterocycles. The number of carbonyl (C=O) groups excluding carboxylic acids is 1. The van der Waals surface area contributed by atoms with E-state index in [0.29, 0.717) is 13.0 Å². The molecule has 0 atom stereocenters. The predicted molar refractivity (Wildman–Crippen MR) is 53.0 cm³/mol. The molecule has 0 aliphatic carbocycles. The molecule has 0 aliphatic rings. The van der Waals surface area contributed by atoms with Gasteiger partial charge in [-0.1, -0.05) is 0 Å². The summed E-state index contributed by atoms with van der Waals surface area (Å²) in [5.74, 6) is -0.934. The third-order valence-electron chi connectivity index (χ3n) is 1.97. The molecule has 1 amide bonds. The van der Waals surface area contributed by atoms with Gasteiger partial charge in [-0.3, -0.25) is 14.5 Å². The lowest BCUT2D eigenvalue weighted by Gasteiger charge is -2.23. The van der Waals surface area contributed by atoms with Crippen molar-refractivity contribution in [3.63, 3.8) is 0 Å². The Bertz CT molecular complexity index is 204. The summed E-state index contributed by atoms with van der Waals surface area (Å²) in [6, 6.07) is 0.135. The van der Waals surface area contributed by atoms with Gasteiger partial charge in [-0.2, -0.15) is 0 Å². The molecule has 0 aromatic carbocycles. The normalized spacial score (nSPS) is 10.6. The average molecular weight is 202 g/mol. The van der Waals surface area contributed by atoms with Crippen LogP contribution in [0.4, 0.5) is 0 Å². The minimum atomic E-state index is -0.865. The van der Waals surface area contributed by atoms with E-state index in [2.05, 4.69) is 5.32 Å². The van der Waals surface area contributed by atoms with Gasteiger partial charge in [0.25, 0.3) is 0 Å². The molecule has 5 nitrogen and oxygen atoms in total. The lowest BCUT2D eigenvalue weighted by molar-refractivity contribution is -0.139. The number of carboxylic acids is 1. The van der Waals surface area contributed by atoms with Crippen LogP contribution in [-0.2, 0) is 9.59 Å². The lowest BCUT2D eigenvalue weighted by Crippen LogP contribution is -2.38. The number of nitrogens with one attached hydrogen (secondary N) is 1. The van der Waals surface area contributed by atoms with Gasteiger partial charge in [0, 0.05) is 26.1 Å². The highest BCUT2D eigenvalue weighted by atomic mass is 16.4. The standard InChI is InChI=1S/C9H18N2O3/c1-7(2)11(6-9(13)14)5-4-8(12)10-3/h7H,4-6H2,1-3H3,(H,10,12)(H,13,14). The Kier molecular flexibility index (Phi) is 5.87. The van der Waals surface area contributed by atoms with Gasteiger partial charge in [-0.25, -0.2) is 0 Å². The number of amides is 1. The molecule has 0 aromatic rings. The molecule has 0 unspecified atom stereocenters. The molecule has 0 heterocycles. The molecule has 82 valence electrons. The van der Waals surface area contributed by atoms with Crippen LogP contribution in [0.2, 0.25) is 0 Å². The van der Waals surface area contributed by atoms with Crippen LogP contribution in [0.15, 0.2) is 0 Å². The van der Waals surface area contributed by atoms with Gasteiger partial charge in [0.1, 0.15) is 0 Å². The summed E-state index contributed by atoms with van der Waals surface area (Å²) in [6.07, 6.45) is 0.335. The Labute approximate surface area is 84.1 Å². The first-order valence-corrected chi connectivity index (χ1v) is 4.63. The van der Waals surface area contributed by atoms with Crippen molar-refractivity contribution in [1.29, 1.82) is 0 Å². The molecule has 0 spiro atoms. The van der Waals surface area contributed by atoms with Crippen molar-refractivity contribution in [2.45, 2.75) is 26.3 Å². The van der Waals surface area contributed by atoms with E-state index in [1.165, 1.54) is 0 Å². The number of aliphatic carboxylic acids is 1. The zero-order valence-electron chi connectivity index (χ0n) is 8.91. The van der Waals surface area contributed by atoms with E-state index in [4.69, 9.17) is 5.11 Å². The first-order valence-electron chi connectivity index (χ1n) is 4.63. The predicted octanol–water partition coefficient (Wildman–Crippen LogP) is -0.0825. The molecular formula is C9H18N2O3. The monoisotopic (exact) mass is 202 g/mol. The van der Waals surface area contributed by atoms with Crippen LogP contribution >= 0.6 is 0 Å². The Balaban J connectivity index is 3.97. The van der Waals surface area contributed by atoms with Gasteiger partial charge in [0.05, 0.1) is 6.54 Å². The number of carboxylic acid groups (broad SMARTS) is 1. The van der Waals surface area contributed by atoms with E-state index in [1.807, 2.05) is 13.8 Å². The van der Waals surface area contributed by atoms with E-state index in [0.717, 1.165) is 0 Å². The zero-order valence-corrected chi connectivity index (χ0v) is 8.91. The minimum Gasteiger partial charge on any atom is -0.480 e. The van der Waals surface area contributed by atoms with E-state index in [1.54, 1.807) is 11.9 Å². The van der Waals surface area contributed by atoms with Crippen LogP contribution < -0.4 is 5.32 Å². The molecule has 0 radical (unpaired) electrons. The molecule has 0 aliphatic heterocycles. The van der Waals surface area contributed by atoms with Gasteiger partial charge in [-0.05, 0) is 13.8 Å². The maximum atomic E-state index is 10.9. The van der Waals surface area contributed by atoms with Crippen molar-refractivity contribution in [2.75, 3.05) is 20.1 Å². The maximum Gasteiger partial charge on any atom is 0.317 e. The summed E-state index contributed by atoms with van der Waals surface area (Å²) in [4.78, 5) is 23.2. The van der Waals surface area contributed by atoms with Gasteiger partial charge < -0.3 is 10.4 Å². The smallest absolute Gasteiger partial charge is 0.317 e. The Morgan fingerprint density at radius 1 is 1.43 bits per heavy atom. The molecule has 0 aromatic heterocycles. The average Bonchev–Trinajstić information content (AvgIpc) is 2.10. The Hall–Kier alpha value is -1.10. The second-order valence-corrected chi connectivity index (χ2v) is 3.38. The zero-order chi connectivity index (χ0) is 11.1. The van der Waals surface area contributed by atoms with Gasteiger partial charge in [-0.15, -0.1) is 0 Å². The molecule has 0 bridgehead atoms. The molecule has 0 fully saturated rings. The summed E-state index contributed by atoms with van der Waals surface area (Å²) >= 11 is 0. The number of rotatable bonds is 6. The van der Waals surface area contributed by atoms with Crippen LogP contribution in [-0.4, -0.2) is 48.1 Å². The van der Waals surface area contributed by atoms with Crippen molar-refractivity contribution in [1.82, 2.24) is 10.2 Å². The lowest BCUT2D eigenvalue weighted by atomic mass is 10.2. The SMILES string of the molecule is CNC(=O)CCN(CC(=O)O)C(C)C. The van der Waals surface area contributed by atoms with Crippen molar-refractivity contribution >= 4 is 11.9 Å². The van der Waals surface area contributed by atoms with Crippen molar-refractivity contribution < 1.29 is 14.7 Å². The summed E-state index contributed by atoms with van der Waals surface area (Å²) in [6.45, 7) is 4.28. The molecule has 5 heteroatoms. The van der Waals surface area contributed by atoms with Gasteiger partial charge in [0.15, 0.2) is 0 Å². The topological polar surface area (TPSA) is 69.6 Å². The highest BCUT2D eigenvalue weighted by molar-refractivity contribution is 5.75. The third kappa shape index (κ3) is 5.53. The summed E-state index contributed by atoms with van der Waals surface area (Å²) < 4.78 is 0. The van der Waals surface area contributed by atoms with E-state index >= 15 is 0 Å². The van der Waals surface area contributed by atoms with Crippen molar-refractivity contribution in [3.8, 4) is 0 Å². The maximum absolute atomic E-state index is 10.9. The summed E-state index contributed by atoms with van der Waals surface area (Å²) in [5, 5.41) is 11.1. The highest BCUT2D eigenvalue weighted by Gasteiger charge is 2.13. The fourth-order valence-electron chi connectivity index (χ4n) is 1.06. The van der Waals surface area contributed by atoms with Gasteiger partial charge in [0.2, 0.25) is 5.91 Å². The highest BCUT2D eigenvalue weighted by Crippen LogP contribution is 1.99.